The molecule has 29 heavy (non-hydrogen) atoms. The first-order valence-corrected chi connectivity index (χ1v) is 11.2. The third kappa shape index (κ3) is 5.90. The molecule has 2 amide bonds. The third-order valence-electron chi connectivity index (χ3n) is 5.16. The molecule has 0 spiro atoms. The fourth-order valence-electron chi connectivity index (χ4n) is 3.40. The van der Waals surface area contributed by atoms with Crippen molar-refractivity contribution in [3.8, 4) is 10.4 Å². The second-order valence-corrected chi connectivity index (χ2v) is 9.25. The summed E-state index contributed by atoms with van der Waals surface area (Å²) >= 11 is 1.47. The topological polar surface area (TPSA) is 61.4 Å². The zero-order valence-electron chi connectivity index (χ0n) is 17.7. The van der Waals surface area contributed by atoms with Crippen molar-refractivity contribution >= 4 is 23.2 Å². The Morgan fingerprint density at radius 3 is 2.24 bits per heavy atom. The number of nitrogens with one attached hydrogen (secondary N) is 2. The van der Waals surface area contributed by atoms with Crippen molar-refractivity contribution in [3.05, 3.63) is 46.8 Å². The van der Waals surface area contributed by atoms with Crippen LogP contribution in [0.2, 0.25) is 0 Å². The molecule has 0 radical (unpaired) electrons. The summed E-state index contributed by atoms with van der Waals surface area (Å²) in [7, 11) is 0. The van der Waals surface area contributed by atoms with Crippen LogP contribution in [0.1, 0.15) is 60.6 Å². The van der Waals surface area contributed by atoms with Gasteiger partial charge in [0, 0.05) is 41.7 Å². The fraction of sp³-hybridized carbons (Fsp3) is 0.478. The van der Waals surface area contributed by atoms with Crippen LogP contribution in [0.4, 0.5) is 0 Å². The van der Waals surface area contributed by atoms with Gasteiger partial charge in [0.05, 0.1) is 4.88 Å². The Hall–Kier alpha value is -2.18. The second kappa shape index (κ2) is 9.55. The largest absolute Gasteiger partial charge is 0.350 e. The van der Waals surface area contributed by atoms with E-state index in [0.717, 1.165) is 29.8 Å². The summed E-state index contributed by atoms with van der Waals surface area (Å²) in [6.07, 6.45) is 2.16. The van der Waals surface area contributed by atoms with Crippen LogP contribution in [0.15, 0.2) is 36.4 Å². The Morgan fingerprint density at radius 2 is 1.66 bits per heavy atom. The first kappa shape index (κ1) is 21.5. The summed E-state index contributed by atoms with van der Waals surface area (Å²) < 4.78 is 0. The zero-order chi connectivity index (χ0) is 21.0. The Labute approximate surface area is 177 Å². The van der Waals surface area contributed by atoms with Gasteiger partial charge in [-0.2, -0.15) is 0 Å². The normalized spacial score (nSPS) is 13.9. The molecule has 156 valence electrons. The quantitative estimate of drug-likeness (QED) is 0.649. The van der Waals surface area contributed by atoms with Crippen LogP contribution in [0.5, 0.6) is 0 Å². The van der Waals surface area contributed by atoms with Gasteiger partial charge in [0.15, 0.2) is 0 Å². The van der Waals surface area contributed by atoms with Gasteiger partial charge in [-0.1, -0.05) is 12.1 Å². The van der Waals surface area contributed by atoms with Crippen LogP contribution >= 0.6 is 11.3 Å². The molecule has 2 aromatic rings. The van der Waals surface area contributed by atoms with Crippen LogP contribution in [0.25, 0.3) is 10.4 Å². The maximum Gasteiger partial charge on any atom is 0.261 e. The lowest BCUT2D eigenvalue weighted by Crippen LogP contribution is -2.42. The van der Waals surface area contributed by atoms with Gasteiger partial charge in [-0.3, -0.25) is 14.5 Å². The predicted octanol–water partition coefficient (Wildman–Crippen LogP) is 4.16. The van der Waals surface area contributed by atoms with Gasteiger partial charge < -0.3 is 10.6 Å². The maximum absolute atomic E-state index is 12.5. The van der Waals surface area contributed by atoms with Crippen molar-refractivity contribution in [3.63, 3.8) is 0 Å². The second-order valence-electron chi connectivity index (χ2n) is 8.17. The summed E-state index contributed by atoms with van der Waals surface area (Å²) in [5, 5.41) is 6.03. The first-order chi connectivity index (χ1) is 13.8. The molecule has 1 heterocycles. The van der Waals surface area contributed by atoms with Gasteiger partial charge >= 0.3 is 0 Å². The molecule has 2 N–H and O–H groups in total. The van der Waals surface area contributed by atoms with E-state index in [4.69, 9.17) is 0 Å². The molecule has 1 aromatic carbocycles. The number of carbonyl (C=O) groups is 2. The van der Waals surface area contributed by atoms with Gasteiger partial charge in [0.2, 0.25) is 0 Å². The average Bonchev–Trinajstić information content (AvgIpc) is 3.36. The molecule has 1 aromatic heterocycles. The zero-order valence-corrected chi connectivity index (χ0v) is 18.5. The van der Waals surface area contributed by atoms with Crippen LogP contribution in [-0.4, -0.2) is 47.9 Å². The number of rotatable bonds is 9. The number of hydrogen-bond acceptors (Lipinski definition) is 4. The first-order valence-electron chi connectivity index (χ1n) is 10.4. The highest BCUT2D eigenvalue weighted by Gasteiger charge is 2.23. The van der Waals surface area contributed by atoms with Gasteiger partial charge in [0.1, 0.15) is 0 Å². The highest BCUT2D eigenvalue weighted by molar-refractivity contribution is 7.17. The lowest BCUT2D eigenvalue weighted by Gasteiger charge is -2.30. The average molecular weight is 414 g/mol. The summed E-state index contributed by atoms with van der Waals surface area (Å²) in [6.45, 7) is 10.2. The Balaban J connectivity index is 1.55. The third-order valence-corrected chi connectivity index (χ3v) is 6.29. The van der Waals surface area contributed by atoms with E-state index in [9.17, 15) is 9.59 Å². The summed E-state index contributed by atoms with van der Waals surface area (Å²) in [5.74, 6) is -0.0451. The lowest BCUT2D eigenvalue weighted by molar-refractivity contribution is 0.0938. The number of carbonyl (C=O) groups excluding carboxylic acids is 2. The summed E-state index contributed by atoms with van der Waals surface area (Å²) in [5.41, 5.74) is 1.69. The molecule has 6 heteroatoms. The van der Waals surface area contributed by atoms with E-state index in [0.29, 0.717) is 35.1 Å². The molecule has 0 bridgehead atoms. The van der Waals surface area contributed by atoms with Crippen LogP contribution in [0.3, 0.4) is 0 Å². The Kier molecular flexibility index (Phi) is 7.09. The number of amides is 2. The van der Waals surface area contributed by atoms with E-state index < -0.39 is 0 Å². The van der Waals surface area contributed by atoms with Crippen molar-refractivity contribution in [2.24, 2.45) is 0 Å². The minimum Gasteiger partial charge on any atom is -0.350 e. The van der Waals surface area contributed by atoms with E-state index in [1.807, 2.05) is 36.4 Å². The maximum atomic E-state index is 12.5. The molecule has 0 atom stereocenters. The molecule has 0 aliphatic heterocycles. The van der Waals surface area contributed by atoms with Gasteiger partial charge in [0.25, 0.3) is 11.8 Å². The van der Waals surface area contributed by atoms with E-state index in [1.165, 1.54) is 11.3 Å². The molecular formula is C23H31N3O2S. The van der Waals surface area contributed by atoms with Crippen molar-refractivity contribution in [1.82, 2.24) is 15.5 Å². The standard InChI is InChI=1S/C23H31N3O2S/c1-15(2)26(16(3)4)14-13-24-23(28)21-12-11-20(29-21)17-5-7-18(8-6-17)22(27)25-19-9-10-19/h5-8,11-12,15-16,19H,9-10,13-14H2,1-4H3,(H,24,28)(H,25,27). The van der Waals surface area contributed by atoms with Crippen molar-refractivity contribution < 1.29 is 9.59 Å². The smallest absolute Gasteiger partial charge is 0.261 e. The monoisotopic (exact) mass is 413 g/mol. The van der Waals surface area contributed by atoms with E-state index >= 15 is 0 Å². The SMILES string of the molecule is CC(C)N(CCNC(=O)c1ccc(-c2ccc(C(=O)NC3CC3)cc2)s1)C(C)C. The molecule has 3 rings (SSSR count). The number of nitrogens with zero attached hydrogens (tertiary/aromatic N) is 1. The minimum atomic E-state index is -0.0332. The molecular weight excluding hydrogens is 382 g/mol. The molecule has 1 fully saturated rings. The van der Waals surface area contributed by atoms with Gasteiger partial charge in [-0.05, 0) is 70.4 Å². The van der Waals surface area contributed by atoms with E-state index in [1.54, 1.807) is 0 Å². The Morgan fingerprint density at radius 1 is 1.00 bits per heavy atom. The molecule has 0 saturated heterocycles. The molecule has 0 unspecified atom stereocenters. The molecule has 1 saturated carbocycles. The fourth-order valence-corrected chi connectivity index (χ4v) is 4.32. The van der Waals surface area contributed by atoms with Crippen LogP contribution in [0, 0.1) is 0 Å². The summed E-state index contributed by atoms with van der Waals surface area (Å²) in [4.78, 5) is 28.7. The van der Waals surface area contributed by atoms with Crippen molar-refractivity contribution in [2.75, 3.05) is 13.1 Å². The van der Waals surface area contributed by atoms with E-state index in [-0.39, 0.29) is 11.8 Å². The van der Waals surface area contributed by atoms with Gasteiger partial charge in [-0.15, -0.1) is 11.3 Å². The molecule has 1 aliphatic carbocycles. The van der Waals surface area contributed by atoms with Crippen molar-refractivity contribution in [2.45, 2.75) is 58.7 Å². The number of benzene rings is 1. The minimum absolute atomic E-state index is 0.0119. The lowest BCUT2D eigenvalue weighted by atomic mass is 10.1. The highest BCUT2D eigenvalue weighted by Crippen LogP contribution is 2.28. The number of hydrogen-bond donors (Lipinski definition) is 2. The van der Waals surface area contributed by atoms with Gasteiger partial charge in [-0.25, -0.2) is 0 Å². The predicted molar refractivity (Wildman–Crippen MR) is 120 cm³/mol. The van der Waals surface area contributed by atoms with Crippen LogP contribution in [-0.2, 0) is 0 Å². The highest BCUT2D eigenvalue weighted by atomic mass is 32.1. The van der Waals surface area contributed by atoms with E-state index in [2.05, 4.69) is 43.2 Å². The molecule has 5 nitrogen and oxygen atoms in total. The van der Waals surface area contributed by atoms with Crippen molar-refractivity contribution in [1.29, 1.82) is 0 Å². The van der Waals surface area contributed by atoms with Crippen LogP contribution < -0.4 is 10.6 Å². The molecule has 1 aliphatic rings. The Bertz CT molecular complexity index is 830. The summed E-state index contributed by atoms with van der Waals surface area (Å²) in [6, 6.07) is 12.7. The number of thiophene rings is 1.